The second kappa shape index (κ2) is 12.6. The van der Waals surface area contributed by atoms with E-state index in [-0.39, 0.29) is 11.8 Å². The van der Waals surface area contributed by atoms with Crippen molar-refractivity contribution >= 4 is 17.9 Å². The van der Waals surface area contributed by atoms with Gasteiger partial charge in [0.2, 0.25) is 5.91 Å². The van der Waals surface area contributed by atoms with Gasteiger partial charge in [0.1, 0.15) is 23.2 Å². The molecule has 5 rings (SSSR count). The van der Waals surface area contributed by atoms with Gasteiger partial charge >= 0.3 is 0 Å². The van der Waals surface area contributed by atoms with Crippen molar-refractivity contribution in [3.8, 4) is 16.9 Å². The molecular weight excluding hydrogens is 514 g/mol. The number of ether oxygens (including phenoxy) is 2. The van der Waals surface area contributed by atoms with Gasteiger partial charge < -0.3 is 14.4 Å². The van der Waals surface area contributed by atoms with E-state index in [0.717, 1.165) is 40.7 Å². The number of nitrogens with zero attached hydrogens (tertiary/aromatic N) is 4. The highest BCUT2D eigenvalue weighted by Gasteiger charge is 2.35. The van der Waals surface area contributed by atoms with E-state index in [9.17, 15) is 13.6 Å². The smallest absolute Gasteiger partial charge is 0.246 e. The Morgan fingerprint density at radius 2 is 1.80 bits per heavy atom. The molecule has 0 aliphatic carbocycles. The normalized spacial score (nSPS) is 17.4. The van der Waals surface area contributed by atoms with Gasteiger partial charge in [-0.15, -0.1) is 0 Å². The number of carbonyl (C=O) groups is 1. The lowest BCUT2D eigenvalue weighted by Crippen LogP contribution is -2.41. The van der Waals surface area contributed by atoms with Crippen LogP contribution in [0.3, 0.4) is 0 Å². The molecule has 0 radical (unpaired) electrons. The highest BCUT2D eigenvalue weighted by atomic mass is 19.1. The standard InChI is InChI=1S/C31H34F2N4O3/c1-21-4-5-27(40-15-3-14-39-2)20-28(21)23-6-10-34-30(18-23)36-12-8-22(9-13-36)31(38)37-29(7-11-35-37)24-16-25(32)19-26(33)17-24/h4-6,10-11,16-20,22,29H,3,7-9,12-15H2,1-2H3. The van der Waals surface area contributed by atoms with E-state index in [1.54, 1.807) is 13.3 Å². The van der Waals surface area contributed by atoms with Gasteiger partial charge in [0, 0.05) is 64.0 Å². The molecule has 0 saturated carbocycles. The first-order chi connectivity index (χ1) is 19.4. The zero-order valence-corrected chi connectivity index (χ0v) is 22.9. The van der Waals surface area contributed by atoms with Crippen LogP contribution in [0.2, 0.25) is 0 Å². The number of pyridine rings is 1. The van der Waals surface area contributed by atoms with Crippen LogP contribution in [0.25, 0.3) is 11.1 Å². The third-order valence-corrected chi connectivity index (χ3v) is 7.52. The summed E-state index contributed by atoms with van der Waals surface area (Å²) in [5, 5.41) is 5.67. The third-order valence-electron chi connectivity index (χ3n) is 7.52. The van der Waals surface area contributed by atoms with Gasteiger partial charge in [-0.3, -0.25) is 4.79 Å². The number of methoxy groups -OCH3 is 1. The molecule has 2 aromatic carbocycles. The average Bonchev–Trinajstić information content (AvgIpc) is 3.46. The summed E-state index contributed by atoms with van der Waals surface area (Å²) in [5.41, 5.74) is 3.70. The molecule has 3 aromatic rings. The Kier molecular flexibility index (Phi) is 8.69. The maximum absolute atomic E-state index is 13.8. The van der Waals surface area contributed by atoms with E-state index in [1.807, 2.05) is 18.3 Å². The zero-order chi connectivity index (χ0) is 28.1. The quantitative estimate of drug-likeness (QED) is 0.310. The van der Waals surface area contributed by atoms with Gasteiger partial charge in [-0.05, 0) is 78.4 Å². The molecular formula is C31H34F2N4O3. The largest absolute Gasteiger partial charge is 0.493 e. The molecule has 1 amide bonds. The van der Waals surface area contributed by atoms with Crippen LogP contribution in [0.15, 0.2) is 59.8 Å². The summed E-state index contributed by atoms with van der Waals surface area (Å²) in [7, 11) is 1.68. The van der Waals surface area contributed by atoms with Crippen LogP contribution in [0.4, 0.5) is 14.6 Å². The summed E-state index contributed by atoms with van der Waals surface area (Å²) in [5.74, 6) is 0.0370. The molecule has 9 heteroatoms. The fourth-order valence-electron chi connectivity index (χ4n) is 5.37. The molecule has 1 fully saturated rings. The zero-order valence-electron chi connectivity index (χ0n) is 22.9. The molecule has 7 nitrogen and oxygen atoms in total. The molecule has 2 aliphatic heterocycles. The van der Waals surface area contributed by atoms with Crippen LogP contribution in [-0.4, -0.2) is 55.5 Å². The summed E-state index contributed by atoms with van der Waals surface area (Å²) >= 11 is 0. The minimum Gasteiger partial charge on any atom is -0.493 e. The topological polar surface area (TPSA) is 67.3 Å². The number of hydrazone groups is 1. The fourth-order valence-corrected chi connectivity index (χ4v) is 5.37. The van der Waals surface area contributed by atoms with Gasteiger partial charge in [-0.1, -0.05) is 6.07 Å². The second-order valence-corrected chi connectivity index (χ2v) is 10.3. The predicted molar refractivity (Wildman–Crippen MR) is 150 cm³/mol. The van der Waals surface area contributed by atoms with E-state index >= 15 is 0 Å². The van der Waals surface area contributed by atoms with Crippen molar-refractivity contribution < 1.29 is 23.0 Å². The summed E-state index contributed by atoms with van der Waals surface area (Å²) in [6.45, 7) is 4.67. The molecule has 1 aromatic heterocycles. The Balaban J connectivity index is 1.23. The van der Waals surface area contributed by atoms with Crippen LogP contribution >= 0.6 is 0 Å². The van der Waals surface area contributed by atoms with E-state index < -0.39 is 17.7 Å². The first-order valence-corrected chi connectivity index (χ1v) is 13.7. The van der Waals surface area contributed by atoms with Gasteiger partial charge in [0.15, 0.2) is 0 Å². The number of rotatable bonds is 9. The second-order valence-electron chi connectivity index (χ2n) is 10.3. The van der Waals surface area contributed by atoms with Gasteiger partial charge in [0.25, 0.3) is 0 Å². The number of hydrogen-bond acceptors (Lipinski definition) is 6. The molecule has 0 bridgehead atoms. The number of halogens is 2. The Morgan fingerprint density at radius 3 is 2.55 bits per heavy atom. The Bertz CT molecular complexity index is 1350. The SMILES string of the molecule is COCCCOc1ccc(C)c(-c2ccnc(N3CCC(C(=O)N4N=CCC4c4cc(F)cc(F)c4)CC3)c2)c1. The molecule has 210 valence electrons. The molecule has 2 aliphatic rings. The summed E-state index contributed by atoms with van der Waals surface area (Å²) in [4.78, 5) is 20.2. The van der Waals surface area contributed by atoms with Crippen molar-refractivity contribution in [3.63, 3.8) is 0 Å². The monoisotopic (exact) mass is 548 g/mol. The summed E-state index contributed by atoms with van der Waals surface area (Å²) in [6.07, 6.45) is 6.00. The molecule has 1 unspecified atom stereocenters. The van der Waals surface area contributed by atoms with Crippen molar-refractivity contribution in [1.82, 2.24) is 9.99 Å². The lowest BCUT2D eigenvalue weighted by Gasteiger charge is -2.34. The predicted octanol–water partition coefficient (Wildman–Crippen LogP) is 5.93. The van der Waals surface area contributed by atoms with Crippen molar-refractivity contribution in [1.29, 1.82) is 0 Å². The molecule has 0 N–H and O–H groups in total. The van der Waals surface area contributed by atoms with Crippen molar-refractivity contribution in [2.24, 2.45) is 11.0 Å². The molecule has 3 heterocycles. The number of carbonyl (C=O) groups excluding carboxylic acids is 1. The maximum atomic E-state index is 13.8. The Labute approximate surface area is 233 Å². The molecule has 0 spiro atoms. The van der Waals surface area contributed by atoms with E-state index in [4.69, 9.17) is 9.47 Å². The van der Waals surface area contributed by atoms with Crippen molar-refractivity contribution in [2.75, 3.05) is 38.3 Å². The lowest BCUT2D eigenvalue weighted by atomic mass is 9.94. The lowest BCUT2D eigenvalue weighted by molar-refractivity contribution is -0.138. The third kappa shape index (κ3) is 6.31. The summed E-state index contributed by atoms with van der Waals surface area (Å²) in [6, 6.07) is 13.1. The minimum absolute atomic E-state index is 0.109. The maximum Gasteiger partial charge on any atom is 0.246 e. The first kappa shape index (κ1) is 27.7. The molecule has 1 saturated heterocycles. The van der Waals surface area contributed by atoms with Gasteiger partial charge in [-0.25, -0.2) is 18.8 Å². The number of aryl methyl sites for hydroxylation is 1. The minimum atomic E-state index is -0.658. The van der Waals surface area contributed by atoms with Gasteiger partial charge in [-0.2, -0.15) is 5.10 Å². The average molecular weight is 549 g/mol. The van der Waals surface area contributed by atoms with Crippen LogP contribution in [0.5, 0.6) is 5.75 Å². The first-order valence-electron chi connectivity index (χ1n) is 13.7. The van der Waals surface area contributed by atoms with Crippen molar-refractivity contribution in [3.05, 3.63) is 77.5 Å². The fraction of sp³-hybridized carbons (Fsp3) is 0.387. The van der Waals surface area contributed by atoms with Crippen LogP contribution in [0, 0.1) is 24.5 Å². The highest BCUT2D eigenvalue weighted by Crippen LogP contribution is 2.34. The number of hydrogen-bond donors (Lipinski definition) is 0. The number of aromatic nitrogens is 1. The Hall–Kier alpha value is -3.85. The van der Waals surface area contributed by atoms with Crippen LogP contribution in [0.1, 0.15) is 42.9 Å². The van der Waals surface area contributed by atoms with E-state index in [0.29, 0.717) is 51.1 Å². The summed E-state index contributed by atoms with van der Waals surface area (Å²) < 4.78 is 38.6. The number of anilines is 1. The van der Waals surface area contributed by atoms with Gasteiger partial charge in [0.05, 0.1) is 12.6 Å². The van der Waals surface area contributed by atoms with Crippen LogP contribution < -0.4 is 9.64 Å². The molecule has 1 atom stereocenters. The van der Waals surface area contributed by atoms with Crippen LogP contribution in [-0.2, 0) is 9.53 Å². The highest BCUT2D eigenvalue weighted by molar-refractivity contribution is 5.82. The van der Waals surface area contributed by atoms with Crippen molar-refractivity contribution in [2.45, 2.75) is 38.6 Å². The number of benzene rings is 2. The Morgan fingerprint density at radius 1 is 1.02 bits per heavy atom. The van der Waals surface area contributed by atoms with E-state index in [1.165, 1.54) is 17.1 Å². The number of amides is 1. The van der Waals surface area contributed by atoms with E-state index in [2.05, 4.69) is 40.1 Å². The molecule has 40 heavy (non-hydrogen) atoms. The number of piperidine rings is 1.